The highest BCUT2D eigenvalue weighted by molar-refractivity contribution is 9.10. The quantitative estimate of drug-likeness (QED) is 0.0714. The Hall–Kier alpha value is -1.77. The zero-order valence-corrected chi connectivity index (χ0v) is 36.1. The highest BCUT2D eigenvalue weighted by Gasteiger charge is 2.52. The molecule has 1 aliphatic rings. The summed E-state index contributed by atoms with van der Waals surface area (Å²) >= 11 is 3.42. The van der Waals surface area contributed by atoms with Gasteiger partial charge in [-0.05, 0) is 153 Å². The van der Waals surface area contributed by atoms with E-state index in [4.69, 9.17) is 9.16 Å². The molecule has 0 aliphatic heterocycles. The first kappa shape index (κ1) is 44.4. The summed E-state index contributed by atoms with van der Waals surface area (Å²) in [5, 5.41) is 22.2. The van der Waals surface area contributed by atoms with Gasteiger partial charge in [0.05, 0.1) is 17.8 Å². The first-order valence-electron chi connectivity index (χ1n) is 18.7. The van der Waals surface area contributed by atoms with Gasteiger partial charge in [-0.2, -0.15) is 0 Å². The molecule has 2 N–H and O–H groups in total. The monoisotopic (exact) mass is 772 g/mol. The molecule has 0 aromatic heterocycles. The Morgan fingerprint density at radius 3 is 2.24 bits per heavy atom. The summed E-state index contributed by atoms with van der Waals surface area (Å²) in [5.41, 5.74) is 5.51. The van der Waals surface area contributed by atoms with E-state index in [1.54, 1.807) is 12.1 Å². The summed E-state index contributed by atoms with van der Waals surface area (Å²) in [4.78, 5) is 12.8. The topological polar surface area (TPSA) is 76.0 Å². The van der Waals surface area contributed by atoms with E-state index in [0.29, 0.717) is 18.4 Å². The summed E-state index contributed by atoms with van der Waals surface area (Å²) in [6.07, 6.45) is 14.1. The normalized spacial score (nSPS) is 23.8. The number of carbonyl (C=O) groups is 1. The van der Waals surface area contributed by atoms with Gasteiger partial charge in [0, 0.05) is 22.9 Å². The maximum absolute atomic E-state index is 12.8. The Balaban J connectivity index is 2.08. The van der Waals surface area contributed by atoms with Gasteiger partial charge in [0.2, 0.25) is 0 Å². The second-order valence-electron chi connectivity index (χ2n) is 17.0. The molecule has 282 valence electrons. The number of allylic oxidation sites excluding steroid dienone is 5. The van der Waals surface area contributed by atoms with Crippen molar-refractivity contribution in [2.45, 2.75) is 157 Å². The van der Waals surface area contributed by atoms with Crippen LogP contribution >= 0.6 is 15.9 Å². The van der Waals surface area contributed by atoms with E-state index in [-0.39, 0.29) is 35.1 Å². The molecule has 0 amide bonds. The third-order valence-electron chi connectivity index (χ3n) is 11.6. The van der Waals surface area contributed by atoms with Gasteiger partial charge in [-0.1, -0.05) is 78.1 Å². The third-order valence-corrected chi connectivity index (χ3v) is 16.6. The van der Waals surface area contributed by atoms with Gasteiger partial charge in [0.1, 0.15) is 6.10 Å². The van der Waals surface area contributed by atoms with Gasteiger partial charge in [0.25, 0.3) is 0 Å². The summed E-state index contributed by atoms with van der Waals surface area (Å²) in [5.74, 6) is -0.111. The molecule has 1 fully saturated rings. The number of carbonyl (C=O) groups excluding carboxylic acids is 1. The van der Waals surface area contributed by atoms with Crippen molar-refractivity contribution in [1.82, 2.24) is 0 Å². The van der Waals surface area contributed by atoms with E-state index in [0.717, 1.165) is 67.2 Å². The molecule has 4 atom stereocenters. The standard InChI is InChI=1S/C43H69BrO5Si/c1-31(2)28-37(49-40(46)35-20-22-36(44)23-21-35)29-33(4)17-13-16-32(3)18-14-25-42(9)39(19-15-27-48-50(11,12)41(6,7)8)38(34(5)30-45)24-26-43(42,10)47/h17-18,20-23,28,37,39,45,47H,13-16,19,24-27,29-30H2,1-12H3/b32-18+,33-17+,38-34-/t37-,39+,42-,43-/m0/s1. The zero-order valence-electron chi connectivity index (χ0n) is 33.5. The Labute approximate surface area is 315 Å². The predicted molar refractivity (Wildman–Crippen MR) is 217 cm³/mol. The number of hydrogen-bond acceptors (Lipinski definition) is 5. The van der Waals surface area contributed by atoms with E-state index in [1.807, 2.05) is 39.0 Å². The van der Waals surface area contributed by atoms with Gasteiger partial charge in [-0.3, -0.25) is 0 Å². The number of ether oxygens (including phenoxy) is 1. The number of esters is 1. The fourth-order valence-electron chi connectivity index (χ4n) is 6.94. The lowest BCUT2D eigenvalue weighted by Crippen LogP contribution is -2.52. The molecule has 50 heavy (non-hydrogen) atoms. The minimum absolute atomic E-state index is 0.0686. The number of benzene rings is 1. The van der Waals surface area contributed by atoms with Crippen LogP contribution in [0.3, 0.4) is 0 Å². The van der Waals surface area contributed by atoms with Crippen molar-refractivity contribution in [1.29, 1.82) is 0 Å². The van der Waals surface area contributed by atoms with E-state index in [9.17, 15) is 15.0 Å². The molecule has 0 spiro atoms. The molecule has 5 nitrogen and oxygen atoms in total. The lowest BCUT2D eigenvalue weighted by Gasteiger charge is -2.54. The highest BCUT2D eigenvalue weighted by atomic mass is 79.9. The SMILES string of the molecule is CC(C)=C[C@@H](C/C(C)=C/CC/C(C)=C/CC[C@@]1(C)[C@H](CCCO[Si](C)(C)C(C)(C)C)/C(=C(/C)CO)CC[C@]1(C)O)OC(=O)c1ccc(Br)cc1. The molecular weight excluding hydrogens is 704 g/mol. The molecule has 2 rings (SSSR count). The van der Waals surface area contributed by atoms with Gasteiger partial charge in [-0.25, -0.2) is 4.79 Å². The van der Waals surface area contributed by atoms with E-state index in [2.05, 4.69) is 89.6 Å². The second-order valence-corrected chi connectivity index (χ2v) is 22.8. The van der Waals surface area contributed by atoms with Crippen molar-refractivity contribution in [2.75, 3.05) is 13.2 Å². The van der Waals surface area contributed by atoms with Gasteiger partial charge >= 0.3 is 5.97 Å². The molecule has 1 saturated carbocycles. The largest absolute Gasteiger partial charge is 0.454 e. The average molecular weight is 774 g/mol. The number of aliphatic hydroxyl groups excluding tert-OH is 1. The molecule has 0 bridgehead atoms. The van der Waals surface area contributed by atoms with Crippen LogP contribution in [0.4, 0.5) is 0 Å². The Morgan fingerprint density at radius 2 is 1.66 bits per heavy atom. The molecule has 0 radical (unpaired) electrons. The maximum atomic E-state index is 12.8. The smallest absolute Gasteiger partial charge is 0.338 e. The van der Waals surface area contributed by atoms with Crippen molar-refractivity contribution >= 4 is 30.2 Å². The third kappa shape index (κ3) is 13.0. The lowest BCUT2D eigenvalue weighted by atomic mass is 9.54. The van der Waals surface area contributed by atoms with Crippen molar-refractivity contribution < 1.29 is 24.2 Å². The van der Waals surface area contributed by atoms with E-state index >= 15 is 0 Å². The van der Waals surface area contributed by atoms with Crippen LogP contribution in [0.15, 0.2) is 74.8 Å². The minimum Gasteiger partial charge on any atom is -0.454 e. The lowest BCUT2D eigenvalue weighted by molar-refractivity contribution is -0.113. The summed E-state index contributed by atoms with van der Waals surface area (Å²) in [6.45, 7) is 27.0. The molecule has 0 unspecified atom stereocenters. The predicted octanol–water partition coefficient (Wildman–Crippen LogP) is 12.1. The fourth-order valence-corrected chi connectivity index (χ4v) is 8.29. The zero-order chi connectivity index (χ0) is 37.9. The van der Waals surface area contributed by atoms with E-state index in [1.165, 1.54) is 16.7 Å². The van der Waals surface area contributed by atoms with Crippen LogP contribution < -0.4 is 0 Å². The van der Waals surface area contributed by atoms with Crippen LogP contribution in [0, 0.1) is 11.3 Å². The van der Waals surface area contributed by atoms with Crippen molar-refractivity contribution in [3.63, 3.8) is 0 Å². The first-order chi connectivity index (χ1) is 23.1. The molecule has 1 aromatic rings. The maximum Gasteiger partial charge on any atom is 0.338 e. The Morgan fingerprint density at radius 1 is 1.04 bits per heavy atom. The number of halogens is 1. The Bertz CT molecular complexity index is 1370. The van der Waals surface area contributed by atoms with Gasteiger partial charge in [0.15, 0.2) is 8.32 Å². The summed E-state index contributed by atoms with van der Waals surface area (Å²) < 4.78 is 13.4. The fraction of sp³-hybridized carbons (Fsp3) is 0.651. The van der Waals surface area contributed by atoms with Crippen LogP contribution in [0.1, 0.15) is 137 Å². The van der Waals surface area contributed by atoms with Crippen LogP contribution in [-0.2, 0) is 9.16 Å². The van der Waals surface area contributed by atoms with Crippen molar-refractivity contribution in [2.24, 2.45) is 11.3 Å². The molecule has 0 saturated heterocycles. The average Bonchev–Trinajstić information content (AvgIpc) is 3.00. The molecule has 0 heterocycles. The summed E-state index contributed by atoms with van der Waals surface area (Å²) in [6, 6.07) is 7.25. The van der Waals surface area contributed by atoms with Crippen LogP contribution in [-0.4, -0.2) is 49.4 Å². The second kappa shape index (κ2) is 19.3. The van der Waals surface area contributed by atoms with Gasteiger partial charge in [-0.15, -0.1) is 0 Å². The number of aliphatic hydroxyl groups is 2. The summed E-state index contributed by atoms with van der Waals surface area (Å²) in [7, 11) is -1.83. The van der Waals surface area contributed by atoms with Crippen LogP contribution in [0.25, 0.3) is 0 Å². The van der Waals surface area contributed by atoms with Crippen LogP contribution in [0.5, 0.6) is 0 Å². The molecule has 1 aliphatic carbocycles. The molecule has 1 aromatic carbocycles. The van der Waals surface area contributed by atoms with Crippen molar-refractivity contribution in [3.05, 3.63) is 80.4 Å². The Kier molecular flexibility index (Phi) is 17.2. The van der Waals surface area contributed by atoms with Crippen molar-refractivity contribution in [3.8, 4) is 0 Å². The first-order valence-corrected chi connectivity index (χ1v) is 22.4. The van der Waals surface area contributed by atoms with E-state index < -0.39 is 13.9 Å². The number of rotatable bonds is 17. The number of hydrogen-bond donors (Lipinski definition) is 2. The molecule has 7 heteroatoms. The van der Waals surface area contributed by atoms with Gasteiger partial charge < -0.3 is 19.4 Å². The molecular formula is C43H69BrO5Si. The van der Waals surface area contributed by atoms with Crippen LogP contribution in [0.2, 0.25) is 18.1 Å². The highest BCUT2D eigenvalue weighted by Crippen LogP contribution is 2.55. The minimum atomic E-state index is -1.83.